The van der Waals surface area contributed by atoms with E-state index in [0.717, 1.165) is 28.9 Å². The molecule has 4 aromatic rings. The number of carbonyl (C=O) groups is 3. The fraction of sp³-hybridized carbons (Fsp3) is 0.235. The van der Waals surface area contributed by atoms with Crippen molar-refractivity contribution in [2.45, 2.75) is 19.0 Å². The van der Waals surface area contributed by atoms with E-state index in [0.29, 0.717) is 66.4 Å². The van der Waals surface area contributed by atoms with Crippen LogP contribution in [0.2, 0.25) is 5.02 Å². The first-order valence-corrected chi connectivity index (χ1v) is 15.8. The predicted octanol–water partition coefficient (Wildman–Crippen LogP) is 5.98. The monoisotopic (exact) mass is 722 g/mol. The molecule has 17 heteroatoms. The number of carbonyl (C=O) groups excluding carboxylic acids is 2. The molecule has 2 aliphatic rings. The maximum absolute atomic E-state index is 13.1. The topological polar surface area (TPSA) is 173 Å². The van der Waals surface area contributed by atoms with E-state index < -0.39 is 12.1 Å². The van der Waals surface area contributed by atoms with Crippen LogP contribution in [0.4, 0.5) is 46.8 Å². The second-order valence-corrected chi connectivity index (χ2v) is 11.6. The van der Waals surface area contributed by atoms with Crippen molar-refractivity contribution in [2.24, 2.45) is 0 Å². The van der Waals surface area contributed by atoms with Gasteiger partial charge in [0.05, 0.1) is 17.8 Å². The lowest BCUT2D eigenvalue weighted by Gasteiger charge is -2.34. The molecule has 1 fully saturated rings. The largest absolute Gasteiger partial charge is 0.490 e. The maximum Gasteiger partial charge on any atom is 0.490 e. The summed E-state index contributed by atoms with van der Waals surface area (Å²) in [5, 5.41) is 25.8. The highest BCUT2D eigenvalue weighted by Gasteiger charge is 2.38. The van der Waals surface area contributed by atoms with Crippen molar-refractivity contribution in [3.63, 3.8) is 0 Å². The lowest BCUT2D eigenvalue weighted by molar-refractivity contribution is -0.192. The number of halogens is 4. The summed E-state index contributed by atoms with van der Waals surface area (Å²) in [6, 6.07) is 22.2. The molecule has 0 spiro atoms. The third kappa shape index (κ3) is 9.98. The highest BCUT2D eigenvalue weighted by Crippen LogP contribution is 2.30. The number of amides is 3. The number of piperazine rings is 1. The Kier molecular flexibility index (Phi) is 11.4. The molecule has 13 nitrogen and oxygen atoms in total. The van der Waals surface area contributed by atoms with Crippen LogP contribution in [-0.4, -0.2) is 81.7 Å². The Morgan fingerprint density at radius 2 is 1.65 bits per heavy atom. The zero-order valence-electron chi connectivity index (χ0n) is 26.7. The van der Waals surface area contributed by atoms with Crippen molar-refractivity contribution in [1.29, 1.82) is 5.26 Å². The third-order valence-electron chi connectivity index (χ3n) is 7.71. The summed E-state index contributed by atoms with van der Waals surface area (Å²) in [6.07, 6.45) is -2.09. The summed E-state index contributed by atoms with van der Waals surface area (Å²) < 4.78 is 37.8. The molecule has 0 radical (unpaired) electrons. The number of carboxylic acid groups (broad SMARTS) is 1. The van der Waals surface area contributed by atoms with Crippen molar-refractivity contribution >= 4 is 58.3 Å². The molecule has 6 rings (SSSR count). The van der Waals surface area contributed by atoms with Crippen LogP contribution in [0.3, 0.4) is 0 Å². The Hall–Kier alpha value is -6.08. The Morgan fingerprint density at radius 1 is 0.961 bits per heavy atom. The van der Waals surface area contributed by atoms with Gasteiger partial charge in [0.15, 0.2) is 12.4 Å². The Labute approximate surface area is 294 Å². The van der Waals surface area contributed by atoms with Crippen LogP contribution >= 0.6 is 11.6 Å². The fourth-order valence-corrected chi connectivity index (χ4v) is 5.22. The van der Waals surface area contributed by atoms with E-state index in [4.69, 9.17) is 31.5 Å². The number of alkyl halides is 3. The number of nitrogens with zero attached hydrogens (tertiary/aromatic N) is 5. The minimum atomic E-state index is -5.08. The van der Waals surface area contributed by atoms with Gasteiger partial charge in [-0.15, -0.1) is 0 Å². The van der Waals surface area contributed by atoms with Gasteiger partial charge in [0.1, 0.15) is 10.8 Å². The van der Waals surface area contributed by atoms with E-state index in [9.17, 15) is 22.8 Å². The SMILES string of the molecule is N#Cc1ccc(NC(=O)N2CCN(C(=O)COc3ccc4cc3CCc3cccc(c3)Nc3ncc(Cl)c(n3)N4)CC2)cc1.O=C(O)C(F)(F)F. The third-order valence-corrected chi connectivity index (χ3v) is 7.99. The summed E-state index contributed by atoms with van der Waals surface area (Å²) in [7, 11) is 0. The molecule has 0 atom stereocenters. The van der Waals surface area contributed by atoms with Crippen molar-refractivity contribution in [2.75, 3.05) is 48.7 Å². The number of benzene rings is 3. The second kappa shape index (κ2) is 16.1. The zero-order chi connectivity index (χ0) is 36.5. The van der Waals surface area contributed by atoms with Crippen LogP contribution in [0.15, 0.2) is 72.9 Å². The summed E-state index contributed by atoms with van der Waals surface area (Å²) in [6.45, 7) is 1.51. The van der Waals surface area contributed by atoms with E-state index in [1.165, 1.54) is 0 Å². The predicted molar refractivity (Wildman–Crippen MR) is 181 cm³/mol. The number of anilines is 5. The van der Waals surface area contributed by atoms with Crippen LogP contribution in [0.1, 0.15) is 16.7 Å². The van der Waals surface area contributed by atoms with Crippen molar-refractivity contribution in [3.8, 4) is 11.8 Å². The van der Waals surface area contributed by atoms with Gasteiger partial charge in [-0.05, 0) is 78.6 Å². The first-order valence-electron chi connectivity index (χ1n) is 15.4. The molecule has 264 valence electrons. The molecule has 0 saturated carbocycles. The molecule has 6 bridgehead atoms. The number of carboxylic acids is 1. The number of aliphatic carboxylic acids is 1. The van der Waals surface area contributed by atoms with Gasteiger partial charge in [-0.3, -0.25) is 4.79 Å². The molecule has 4 N–H and O–H groups in total. The lowest BCUT2D eigenvalue weighted by atomic mass is 10.0. The van der Waals surface area contributed by atoms with Gasteiger partial charge in [-0.2, -0.15) is 23.4 Å². The van der Waals surface area contributed by atoms with Gasteiger partial charge in [-0.1, -0.05) is 23.7 Å². The summed E-state index contributed by atoms with van der Waals surface area (Å²) in [5.74, 6) is -1.37. The number of nitriles is 1. The average molecular weight is 723 g/mol. The van der Waals surface area contributed by atoms with E-state index in [1.807, 2.05) is 30.3 Å². The molecule has 0 aliphatic carbocycles. The number of rotatable bonds is 4. The van der Waals surface area contributed by atoms with Crippen LogP contribution in [0.5, 0.6) is 5.75 Å². The molecular weight excluding hydrogens is 693 g/mol. The van der Waals surface area contributed by atoms with Crippen molar-refractivity contribution < 1.29 is 37.4 Å². The minimum absolute atomic E-state index is 0.113. The van der Waals surface area contributed by atoms with E-state index in [-0.39, 0.29) is 18.5 Å². The summed E-state index contributed by atoms with van der Waals surface area (Å²) in [4.78, 5) is 46.9. The van der Waals surface area contributed by atoms with E-state index in [2.05, 4.69) is 44.1 Å². The number of urea groups is 1. The molecule has 51 heavy (non-hydrogen) atoms. The smallest absolute Gasteiger partial charge is 0.483 e. The highest BCUT2D eigenvalue weighted by atomic mass is 35.5. The van der Waals surface area contributed by atoms with Gasteiger partial charge < -0.3 is 35.6 Å². The molecule has 3 aromatic carbocycles. The summed E-state index contributed by atoms with van der Waals surface area (Å²) >= 11 is 6.38. The van der Waals surface area contributed by atoms with Gasteiger partial charge in [0, 0.05) is 43.2 Å². The van der Waals surface area contributed by atoms with Crippen LogP contribution < -0.4 is 20.7 Å². The summed E-state index contributed by atoms with van der Waals surface area (Å²) in [5.41, 5.74) is 4.86. The molecule has 2 aliphatic heterocycles. The normalized spacial score (nSPS) is 13.6. The van der Waals surface area contributed by atoms with Gasteiger partial charge in [0.25, 0.3) is 5.91 Å². The lowest BCUT2D eigenvalue weighted by Crippen LogP contribution is -2.52. The molecule has 1 saturated heterocycles. The van der Waals surface area contributed by atoms with E-state index in [1.54, 1.807) is 40.3 Å². The van der Waals surface area contributed by atoms with Crippen LogP contribution in [0.25, 0.3) is 0 Å². The number of aryl methyl sites for hydroxylation is 2. The number of nitrogens with one attached hydrogen (secondary N) is 3. The number of ether oxygens (including phenoxy) is 1. The number of hydrogen-bond acceptors (Lipinski definition) is 9. The average Bonchev–Trinajstić information content (AvgIpc) is 3.12. The Bertz CT molecular complexity index is 1950. The number of fused-ring (bicyclic) bond motifs is 6. The van der Waals surface area contributed by atoms with Crippen LogP contribution in [0, 0.1) is 11.3 Å². The highest BCUT2D eigenvalue weighted by molar-refractivity contribution is 6.32. The Balaban J connectivity index is 0.000000654. The first-order chi connectivity index (χ1) is 24.4. The first kappa shape index (κ1) is 36.2. The maximum atomic E-state index is 13.1. The molecule has 3 amide bonds. The molecule has 3 heterocycles. The van der Waals surface area contributed by atoms with Gasteiger partial charge in [0.2, 0.25) is 5.95 Å². The Morgan fingerprint density at radius 3 is 2.33 bits per heavy atom. The molecule has 0 unspecified atom stereocenters. The minimum Gasteiger partial charge on any atom is -0.483 e. The zero-order valence-corrected chi connectivity index (χ0v) is 27.5. The molecular formula is C34H30ClF3N8O5. The standard InChI is InChI=1S/C32H29ClN8O3.C2HF3O2/c33-27-19-35-31-37-25-3-1-2-21(16-25)4-7-23-17-26(36-30(27)39-31)10-11-28(23)44-20-29(42)40-12-14-41(15-13-40)32(43)38-24-8-5-22(18-34)6-9-24;3-2(4,5)1(6)7/h1-3,5-6,8-11,16-17,19H,4,7,12-15,20H2,(H,38,43)(H2,35,36,37,39);(H,6,7). The van der Waals surface area contributed by atoms with E-state index >= 15 is 0 Å². The van der Waals surface area contributed by atoms with Crippen molar-refractivity contribution in [1.82, 2.24) is 19.8 Å². The quantitative estimate of drug-likeness (QED) is 0.196. The van der Waals surface area contributed by atoms with Gasteiger partial charge >= 0.3 is 18.2 Å². The van der Waals surface area contributed by atoms with Gasteiger partial charge in [-0.25, -0.2) is 14.6 Å². The second-order valence-electron chi connectivity index (χ2n) is 11.2. The number of aromatic nitrogens is 2. The van der Waals surface area contributed by atoms with Crippen LogP contribution in [-0.2, 0) is 22.4 Å². The van der Waals surface area contributed by atoms with Crippen molar-refractivity contribution in [3.05, 3.63) is 94.6 Å². The number of hydrogen-bond donors (Lipinski definition) is 4. The molecule has 1 aromatic heterocycles. The fourth-order valence-electron chi connectivity index (χ4n) is 5.08.